The van der Waals surface area contributed by atoms with Crippen LogP contribution in [0.15, 0.2) is 24.3 Å². The molecule has 6 heteroatoms. The molecule has 1 aromatic rings. The van der Waals surface area contributed by atoms with Gasteiger partial charge in [0.2, 0.25) is 11.8 Å². The van der Waals surface area contributed by atoms with E-state index in [9.17, 15) is 19.1 Å². The minimum Gasteiger partial charge on any atom is -0.388 e. The van der Waals surface area contributed by atoms with E-state index in [4.69, 9.17) is 0 Å². The summed E-state index contributed by atoms with van der Waals surface area (Å²) in [6.07, 6.45) is 2.63. The van der Waals surface area contributed by atoms with Crippen LogP contribution >= 0.6 is 0 Å². The van der Waals surface area contributed by atoms with Gasteiger partial charge in [0.05, 0.1) is 25.1 Å². The Morgan fingerprint density at radius 2 is 2.17 bits per heavy atom. The average Bonchev–Trinajstić information content (AvgIpc) is 2.53. The number of rotatable bonds is 3. The highest BCUT2D eigenvalue weighted by Crippen LogP contribution is 2.27. The van der Waals surface area contributed by atoms with Crippen molar-refractivity contribution in [3.8, 4) is 0 Å². The van der Waals surface area contributed by atoms with Gasteiger partial charge in [-0.05, 0) is 30.5 Å². The summed E-state index contributed by atoms with van der Waals surface area (Å²) in [6.45, 7) is 0.0376. The Labute approximate surface area is 134 Å². The summed E-state index contributed by atoms with van der Waals surface area (Å²) in [5, 5.41) is 13.1. The first kappa shape index (κ1) is 15.9. The molecule has 0 spiro atoms. The van der Waals surface area contributed by atoms with E-state index in [2.05, 4.69) is 5.32 Å². The number of hydrogen-bond donors (Lipinski definition) is 2. The Kier molecular flexibility index (Phi) is 4.61. The summed E-state index contributed by atoms with van der Waals surface area (Å²) in [4.78, 5) is 26.0. The fourth-order valence-corrected chi connectivity index (χ4v) is 3.56. The molecule has 0 radical (unpaired) electrons. The van der Waals surface area contributed by atoms with Crippen molar-refractivity contribution in [2.75, 3.05) is 6.54 Å². The van der Waals surface area contributed by atoms with Crippen LogP contribution in [0.1, 0.15) is 43.8 Å². The maximum Gasteiger partial charge on any atom is 0.239 e. The number of amides is 2. The van der Waals surface area contributed by atoms with E-state index in [1.807, 2.05) is 0 Å². The maximum absolute atomic E-state index is 13.2. The third-order valence-corrected chi connectivity index (χ3v) is 4.71. The number of aliphatic hydroxyl groups excluding tert-OH is 1. The Balaban J connectivity index is 1.70. The van der Waals surface area contributed by atoms with Crippen LogP contribution in [0.2, 0.25) is 0 Å². The number of carbonyl (C=O) groups excluding carboxylic acids is 2. The summed E-state index contributed by atoms with van der Waals surface area (Å²) in [7, 11) is 0. The quantitative estimate of drug-likeness (QED) is 0.887. The number of aliphatic hydroxyl groups is 1. The van der Waals surface area contributed by atoms with Crippen molar-refractivity contribution < 1.29 is 19.1 Å². The number of hydrogen-bond acceptors (Lipinski definition) is 3. The molecule has 5 nitrogen and oxygen atoms in total. The van der Waals surface area contributed by atoms with Gasteiger partial charge in [-0.2, -0.15) is 0 Å². The fourth-order valence-electron chi connectivity index (χ4n) is 3.56. The Hall–Kier alpha value is -1.95. The van der Waals surface area contributed by atoms with Crippen LogP contribution in [0.25, 0.3) is 0 Å². The third-order valence-electron chi connectivity index (χ3n) is 4.71. The van der Waals surface area contributed by atoms with Crippen LogP contribution in [0.5, 0.6) is 0 Å². The zero-order valence-electron chi connectivity index (χ0n) is 12.9. The van der Waals surface area contributed by atoms with Crippen LogP contribution < -0.4 is 5.32 Å². The second kappa shape index (κ2) is 6.66. The highest BCUT2D eigenvalue weighted by atomic mass is 19.1. The summed E-state index contributed by atoms with van der Waals surface area (Å²) < 4.78 is 13.2. The molecule has 3 rings (SSSR count). The summed E-state index contributed by atoms with van der Waals surface area (Å²) in [5.74, 6) is -0.853. The molecule has 1 aromatic carbocycles. The zero-order valence-corrected chi connectivity index (χ0v) is 12.9. The van der Waals surface area contributed by atoms with Gasteiger partial charge >= 0.3 is 0 Å². The van der Waals surface area contributed by atoms with Crippen molar-refractivity contribution >= 4 is 11.8 Å². The van der Waals surface area contributed by atoms with E-state index in [0.717, 1.165) is 25.7 Å². The van der Waals surface area contributed by atoms with E-state index >= 15 is 0 Å². The van der Waals surface area contributed by atoms with Crippen LogP contribution in [-0.2, 0) is 9.59 Å². The third kappa shape index (κ3) is 3.52. The van der Waals surface area contributed by atoms with Gasteiger partial charge in [-0.3, -0.25) is 9.59 Å². The van der Waals surface area contributed by atoms with Gasteiger partial charge in [0.25, 0.3) is 0 Å². The van der Waals surface area contributed by atoms with Crippen LogP contribution in [0.4, 0.5) is 4.39 Å². The number of halogens is 1. The molecule has 1 aliphatic carbocycles. The smallest absolute Gasteiger partial charge is 0.239 e. The van der Waals surface area contributed by atoms with Crippen molar-refractivity contribution in [1.29, 1.82) is 0 Å². The normalized spacial score (nSPS) is 25.5. The minimum atomic E-state index is -1.06. The van der Waals surface area contributed by atoms with Crippen LogP contribution in [0.3, 0.4) is 0 Å². The molecule has 2 amide bonds. The number of nitrogens with zero attached hydrogens (tertiary/aromatic N) is 1. The van der Waals surface area contributed by atoms with Gasteiger partial charge in [-0.15, -0.1) is 0 Å². The molecule has 23 heavy (non-hydrogen) atoms. The molecule has 124 valence electrons. The Morgan fingerprint density at radius 3 is 2.96 bits per heavy atom. The number of carbonyl (C=O) groups is 2. The topological polar surface area (TPSA) is 69.6 Å². The van der Waals surface area contributed by atoms with E-state index < -0.39 is 11.9 Å². The van der Waals surface area contributed by atoms with Crippen molar-refractivity contribution in [3.63, 3.8) is 0 Å². The Morgan fingerprint density at radius 1 is 1.39 bits per heavy atom. The summed E-state index contributed by atoms with van der Waals surface area (Å²) in [5.41, 5.74) is 0.375. The van der Waals surface area contributed by atoms with Gasteiger partial charge in [-0.1, -0.05) is 25.0 Å². The fraction of sp³-hybridized carbons (Fsp3) is 0.529. The Bertz CT molecular complexity index is 607. The van der Waals surface area contributed by atoms with Crippen molar-refractivity contribution in [2.24, 2.45) is 0 Å². The molecule has 1 aliphatic heterocycles. The number of nitrogens with one attached hydrogen (secondary N) is 1. The standard InChI is InChI=1S/C17H21FN2O3/c18-12-5-3-4-11(8-12)15(21)9-17(23)20-10-16(22)19-13-6-1-2-7-14(13)20/h3-5,8,13-15,21H,1-2,6-7,9-10H2,(H,19,22). The highest BCUT2D eigenvalue weighted by Gasteiger charge is 2.39. The second-order valence-corrected chi connectivity index (χ2v) is 6.32. The molecule has 2 N–H and O–H groups in total. The molecule has 2 fully saturated rings. The lowest BCUT2D eigenvalue weighted by Crippen LogP contribution is -2.63. The SMILES string of the molecule is O=C1CN(C(=O)CC(O)c2cccc(F)c2)C2CCCCC2N1. The van der Waals surface area contributed by atoms with E-state index in [1.54, 1.807) is 11.0 Å². The van der Waals surface area contributed by atoms with Crippen molar-refractivity contribution in [2.45, 2.75) is 50.3 Å². The van der Waals surface area contributed by atoms with E-state index in [1.165, 1.54) is 18.2 Å². The van der Waals surface area contributed by atoms with Gasteiger partial charge in [0.1, 0.15) is 5.82 Å². The van der Waals surface area contributed by atoms with E-state index in [-0.39, 0.29) is 36.9 Å². The predicted octanol–water partition coefficient (Wildman–Crippen LogP) is 1.52. The van der Waals surface area contributed by atoms with Crippen LogP contribution in [0, 0.1) is 5.82 Å². The second-order valence-electron chi connectivity index (χ2n) is 6.32. The van der Waals surface area contributed by atoms with Gasteiger partial charge in [0.15, 0.2) is 0 Å². The largest absolute Gasteiger partial charge is 0.388 e. The lowest BCUT2D eigenvalue weighted by Gasteiger charge is -2.44. The number of piperazine rings is 1. The average molecular weight is 320 g/mol. The predicted molar refractivity (Wildman–Crippen MR) is 81.9 cm³/mol. The molecule has 0 aromatic heterocycles. The molecule has 1 heterocycles. The molecule has 1 saturated carbocycles. The van der Waals surface area contributed by atoms with Crippen molar-refractivity contribution in [3.05, 3.63) is 35.6 Å². The zero-order chi connectivity index (χ0) is 16.4. The maximum atomic E-state index is 13.2. The van der Waals surface area contributed by atoms with Crippen molar-refractivity contribution in [1.82, 2.24) is 10.2 Å². The number of benzene rings is 1. The highest BCUT2D eigenvalue weighted by molar-refractivity contribution is 5.87. The molecule has 2 aliphatic rings. The van der Waals surface area contributed by atoms with Gasteiger partial charge < -0.3 is 15.3 Å². The first-order valence-electron chi connectivity index (χ1n) is 8.07. The van der Waals surface area contributed by atoms with Crippen LogP contribution in [-0.4, -0.2) is 40.4 Å². The van der Waals surface area contributed by atoms with Gasteiger partial charge in [0, 0.05) is 6.04 Å². The number of fused-ring (bicyclic) bond motifs is 1. The summed E-state index contributed by atoms with van der Waals surface area (Å²) >= 11 is 0. The van der Waals surface area contributed by atoms with E-state index in [0.29, 0.717) is 5.56 Å². The van der Waals surface area contributed by atoms with Gasteiger partial charge in [-0.25, -0.2) is 4.39 Å². The molecule has 3 atom stereocenters. The molecular formula is C17H21FN2O3. The first-order valence-corrected chi connectivity index (χ1v) is 8.07. The minimum absolute atomic E-state index is 0.00802. The molecule has 1 saturated heterocycles. The first-order chi connectivity index (χ1) is 11.0. The molecule has 0 bridgehead atoms. The monoisotopic (exact) mass is 320 g/mol. The summed E-state index contributed by atoms with van der Waals surface area (Å²) in [6, 6.07) is 5.63. The lowest BCUT2D eigenvalue weighted by molar-refractivity contribution is -0.145. The molecular weight excluding hydrogens is 299 g/mol. The lowest BCUT2D eigenvalue weighted by atomic mass is 9.87. The molecule has 3 unspecified atom stereocenters.